The first-order valence-electron chi connectivity index (χ1n) is 6.11. The lowest BCUT2D eigenvalue weighted by molar-refractivity contribution is -0.152. The van der Waals surface area contributed by atoms with Crippen molar-refractivity contribution in [3.05, 3.63) is 59.7 Å². The van der Waals surface area contributed by atoms with Crippen molar-refractivity contribution in [2.45, 2.75) is 11.1 Å². The van der Waals surface area contributed by atoms with Gasteiger partial charge in [0, 0.05) is 4.90 Å². The fourth-order valence-corrected chi connectivity index (χ4v) is 2.27. The van der Waals surface area contributed by atoms with E-state index in [-0.39, 0.29) is 16.2 Å². The predicted molar refractivity (Wildman–Crippen MR) is 75.7 cm³/mol. The Balaban J connectivity index is 2.12. The van der Waals surface area contributed by atoms with E-state index in [1.165, 1.54) is 24.3 Å². The molecule has 0 aliphatic heterocycles. The molecular formula is C15H11F3O3S. The van der Waals surface area contributed by atoms with Crippen molar-refractivity contribution in [3.63, 3.8) is 0 Å². The molecular weight excluding hydrogens is 317 g/mol. The highest BCUT2D eigenvalue weighted by Crippen LogP contribution is 2.38. The van der Waals surface area contributed by atoms with Gasteiger partial charge in [-0.2, -0.15) is 13.2 Å². The van der Waals surface area contributed by atoms with Crippen LogP contribution in [0, 0.1) is 0 Å². The number of rotatable bonds is 4. The second-order valence-corrected chi connectivity index (χ2v) is 5.03. The summed E-state index contributed by atoms with van der Waals surface area (Å²) in [6.07, 6.45) is -2.97. The van der Waals surface area contributed by atoms with E-state index >= 15 is 0 Å². The number of benzene rings is 2. The van der Waals surface area contributed by atoms with Gasteiger partial charge in [0.25, 0.3) is 0 Å². The molecule has 2 aromatic rings. The van der Waals surface area contributed by atoms with Crippen LogP contribution < -0.4 is 4.89 Å². The Morgan fingerprint density at radius 3 is 2.36 bits per heavy atom. The average Bonchev–Trinajstić information content (AvgIpc) is 2.52. The maximum atomic E-state index is 12.9. The van der Waals surface area contributed by atoms with Crippen molar-refractivity contribution in [2.75, 3.05) is 6.26 Å². The summed E-state index contributed by atoms with van der Waals surface area (Å²) in [7, 11) is 0. The van der Waals surface area contributed by atoms with Crippen molar-refractivity contribution >= 4 is 17.7 Å². The Morgan fingerprint density at radius 1 is 1.09 bits per heavy atom. The van der Waals surface area contributed by atoms with Crippen LogP contribution in [0.25, 0.3) is 0 Å². The van der Waals surface area contributed by atoms with Gasteiger partial charge in [0.1, 0.15) is 0 Å². The zero-order valence-electron chi connectivity index (χ0n) is 11.4. The molecule has 0 bridgehead atoms. The number of halogens is 3. The lowest BCUT2D eigenvalue weighted by atomic mass is 10.2. The van der Waals surface area contributed by atoms with Crippen LogP contribution in [0.15, 0.2) is 53.4 Å². The predicted octanol–water partition coefficient (Wildman–Crippen LogP) is 4.58. The van der Waals surface area contributed by atoms with Gasteiger partial charge in [0.15, 0.2) is 5.75 Å². The summed E-state index contributed by atoms with van der Waals surface area (Å²) in [6.45, 7) is 0. The molecule has 0 fully saturated rings. The van der Waals surface area contributed by atoms with Gasteiger partial charge >= 0.3 is 12.1 Å². The Bertz CT molecular complexity index is 657. The maximum absolute atomic E-state index is 12.9. The first kappa shape index (κ1) is 16.2. The topological polar surface area (TPSA) is 35.5 Å². The monoisotopic (exact) mass is 328 g/mol. The Labute approximate surface area is 129 Å². The number of carbonyl (C=O) groups excluding carboxylic acids is 1. The molecule has 0 aliphatic rings. The van der Waals surface area contributed by atoms with Gasteiger partial charge in [-0.1, -0.05) is 18.2 Å². The van der Waals surface area contributed by atoms with Gasteiger partial charge in [-0.05, 0) is 36.6 Å². The van der Waals surface area contributed by atoms with Gasteiger partial charge in [0.05, 0.1) is 11.1 Å². The molecule has 0 unspecified atom stereocenters. The third-order valence-corrected chi connectivity index (χ3v) is 3.50. The van der Waals surface area contributed by atoms with Crippen LogP contribution in [0.1, 0.15) is 15.9 Å². The molecule has 0 saturated carbocycles. The van der Waals surface area contributed by atoms with E-state index in [2.05, 4.69) is 4.89 Å². The second kappa shape index (κ2) is 6.74. The molecule has 0 radical (unpaired) electrons. The van der Waals surface area contributed by atoms with Crippen LogP contribution in [-0.4, -0.2) is 12.2 Å². The highest BCUT2D eigenvalue weighted by Gasteiger charge is 2.34. The zero-order valence-corrected chi connectivity index (χ0v) is 12.2. The van der Waals surface area contributed by atoms with E-state index in [0.29, 0.717) is 0 Å². The molecule has 3 nitrogen and oxygen atoms in total. The minimum absolute atomic E-state index is 0.0641. The van der Waals surface area contributed by atoms with Crippen LogP contribution in [0.4, 0.5) is 13.2 Å². The Morgan fingerprint density at radius 2 is 1.77 bits per heavy atom. The number of hydrogen-bond acceptors (Lipinski definition) is 4. The van der Waals surface area contributed by atoms with E-state index in [1.54, 1.807) is 24.5 Å². The molecule has 7 heteroatoms. The molecule has 2 rings (SSSR count). The van der Waals surface area contributed by atoms with Crippen molar-refractivity contribution in [3.8, 4) is 5.75 Å². The maximum Gasteiger partial charge on any atom is 0.417 e. The summed E-state index contributed by atoms with van der Waals surface area (Å²) in [5.41, 5.74) is -0.604. The number of alkyl halides is 3. The molecule has 22 heavy (non-hydrogen) atoms. The SMILES string of the molecule is CSc1ccc(OOC(=O)c2ccccc2)cc1C(F)(F)F. The van der Waals surface area contributed by atoms with Gasteiger partial charge in [-0.25, -0.2) is 9.68 Å². The van der Waals surface area contributed by atoms with E-state index in [9.17, 15) is 18.0 Å². The van der Waals surface area contributed by atoms with Crippen molar-refractivity contribution in [2.24, 2.45) is 0 Å². The summed E-state index contributed by atoms with van der Waals surface area (Å²) in [5.74, 6) is -0.988. The molecule has 0 N–H and O–H groups in total. The fourth-order valence-electron chi connectivity index (χ4n) is 1.67. The molecule has 0 amide bonds. The van der Waals surface area contributed by atoms with Crippen LogP contribution in [-0.2, 0) is 11.1 Å². The zero-order chi connectivity index (χ0) is 16.2. The Kier molecular flexibility index (Phi) is 4.97. The summed E-state index contributed by atoms with van der Waals surface area (Å²) in [5, 5.41) is 0. The second-order valence-electron chi connectivity index (χ2n) is 4.18. The third kappa shape index (κ3) is 3.94. The van der Waals surface area contributed by atoms with Gasteiger partial charge in [0.2, 0.25) is 0 Å². The fraction of sp³-hybridized carbons (Fsp3) is 0.133. The number of carbonyl (C=O) groups is 1. The van der Waals surface area contributed by atoms with Crippen molar-refractivity contribution < 1.29 is 27.7 Å². The first-order chi connectivity index (χ1) is 10.4. The quantitative estimate of drug-likeness (QED) is 0.468. The number of hydrogen-bond donors (Lipinski definition) is 0. The standard InChI is InChI=1S/C15H11F3O3S/c1-22-13-8-7-11(9-12(13)15(16,17)18)20-21-14(19)10-5-3-2-4-6-10/h2-9H,1H3. The summed E-state index contributed by atoms with van der Waals surface area (Å²) < 4.78 is 38.7. The highest BCUT2D eigenvalue weighted by molar-refractivity contribution is 7.98. The summed E-state index contributed by atoms with van der Waals surface area (Å²) >= 11 is 0.969. The van der Waals surface area contributed by atoms with Crippen LogP contribution in [0.3, 0.4) is 0 Å². The van der Waals surface area contributed by atoms with Gasteiger partial charge in [-0.3, -0.25) is 4.89 Å². The molecule has 0 aliphatic carbocycles. The minimum atomic E-state index is -4.51. The molecule has 0 spiro atoms. The third-order valence-electron chi connectivity index (χ3n) is 2.70. The van der Waals surface area contributed by atoms with E-state index in [1.807, 2.05) is 0 Å². The molecule has 0 aromatic heterocycles. The van der Waals surface area contributed by atoms with Gasteiger partial charge in [-0.15, -0.1) is 11.8 Å². The molecule has 0 heterocycles. The largest absolute Gasteiger partial charge is 0.417 e. The molecule has 116 valence electrons. The van der Waals surface area contributed by atoms with Crippen LogP contribution >= 0.6 is 11.8 Å². The first-order valence-corrected chi connectivity index (χ1v) is 7.33. The van der Waals surface area contributed by atoms with E-state index in [0.717, 1.165) is 17.8 Å². The molecule has 0 atom stereocenters. The highest BCUT2D eigenvalue weighted by atomic mass is 32.2. The van der Waals surface area contributed by atoms with Crippen LogP contribution in [0.2, 0.25) is 0 Å². The summed E-state index contributed by atoms with van der Waals surface area (Å²) in [4.78, 5) is 21.0. The Hall–Kier alpha value is -2.15. The van der Waals surface area contributed by atoms with Gasteiger partial charge < -0.3 is 0 Å². The van der Waals surface area contributed by atoms with E-state index in [4.69, 9.17) is 4.89 Å². The normalized spacial score (nSPS) is 11.1. The van der Waals surface area contributed by atoms with Crippen molar-refractivity contribution in [1.82, 2.24) is 0 Å². The van der Waals surface area contributed by atoms with E-state index < -0.39 is 17.7 Å². The van der Waals surface area contributed by atoms with Crippen LogP contribution in [0.5, 0.6) is 5.75 Å². The summed E-state index contributed by atoms with van der Waals surface area (Å²) in [6, 6.07) is 11.3. The minimum Gasteiger partial charge on any atom is -0.287 e. The lowest BCUT2D eigenvalue weighted by Gasteiger charge is -2.12. The molecule has 2 aromatic carbocycles. The average molecular weight is 328 g/mol. The molecule has 0 saturated heterocycles. The van der Waals surface area contributed by atoms with Crippen molar-refractivity contribution in [1.29, 1.82) is 0 Å². The lowest BCUT2D eigenvalue weighted by Crippen LogP contribution is -2.10. The smallest absolute Gasteiger partial charge is 0.287 e. The number of thioether (sulfide) groups is 1.